The van der Waals surface area contributed by atoms with Crippen molar-refractivity contribution in [2.75, 3.05) is 0 Å². The number of aromatic nitrogens is 2. The number of aliphatic hydroxyl groups excluding tert-OH is 1. The molecule has 0 unspecified atom stereocenters. The molecular weight excluding hydrogens is 260 g/mol. The van der Waals surface area contributed by atoms with Crippen molar-refractivity contribution in [1.82, 2.24) is 9.55 Å². The smallest absolute Gasteiger partial charge is 0.136 e. The number of fused-ring (bicyclic) bond motifs is 1. The van der Waals surface area contributed by atoms with Gasteiger partial charge in [0.2, 0.25) is 0 Å². The molecule has 0 aliphatic heterocycles. The predicted octanol–water partition coefficient (Wildman–Crippen LogP) is 3.70. The Hall–Kier alpha value is -2.13. The zero-order chi connectivity index (χ0) is 14.8. The van der Waals surface area contributed by atoms with Gasteiger partial charge in [0.1, 0.15) is 12.4 Å². The minimum Gasteiger partial charge on any atom is -0.388 e. The van der Waals surface area contributed by atoms with Crippen molar-refractivity contribution in [1.29, 1.82) is 0 Å². The first-order valence-corrected chi connectivity index (χ1v) is 7.33. The van der Waals surface area contributed by atoms with Crippen LogP contribution in [0.5, 0.6) is 0 Å². The maximum absolute atomic E-state index is 9.59. The summed E-state index contributed by atoms with van der Waals surface area (Å²) in [7, 11) is 0. The van der Waals surface area contributed by atoms with Crippen molar-refractivity contribution in [3.05, 3.63) is 65.5 Å². The average molecular weight is 280 g/mol. The highest BCUT2D eigenvalue weighted by Gasteiger charge is 2.11. The monoisotopic (exact) mass is 280 g/mol. The number of aliphatic hydroxyl groups is 1. The third-order valence-corrected chi connectivity index (χ3v) is 3.84. The van der Waals surface area contributed by atoms with E-state index < -0.39 is 0 Å². The van der Waals surface area contributed by atoms with E-state index >= 15 is 0 Å². The molecule has 1 heterocycles. The lowest BCUT2D eigenvalue weighted by Crippen LogP contribution is -2.05. The van der Waals surface area contributed by atoms with Crippen molar-refractivity contribution in [2.45, 2.75) is 32.9 Å². The number of hydrogen-bond acceptors (Lipinski definition) is 2. The Morgan fingerprint density at radius 2 is 1.86 bits per heavy atom. The molecule has 3 aromatic rings. The molecule has 0 radical (unpaired) electrons. The van der Waals surface area contributed by atoms with Gasteiger partial charge in [0.05, 0.1) is 11.0 Å². The fourth-order valence-corrected chi connectivity index (χ4v) is 2.62. The molecule has 0 spiro atoms. The SMILES string of the molecule is CC(C)c1ccc2c(c1)nc(CO)n2Cc1ccccc1. The normalized spacial score (nSPS) is 11.4. The molecule has 0 bridgehead atoms. The second kappa shape index (κ2) is 5.70. The summed E-state index contributed by atoms with van der Waals surface area (Å²) in [6.45, 7) is 5.04. The zero-order valence-corrected chi connectivity index (χ0v) is 12.5. The van der Waals surface area contributed by atoms with Gasteiger partial charge in [0.25, 0.3) is 0 Å². The van der Waals surface area contributed by atoms with E-state index in [1.165, 1.54) is 11.1 Å². The quantitative estimate of drug-likeness (QED) is 0.791. The molecule has 0 atom stereocenters. The lowest BCUT2D eigenvalue weighted by Gasteiger charge is -2.09. The Balaban J connectivity index is 2.08. The van der Waals surface area contributed by atoms with Crippen LogP contribution in [-0.4, -0.2) is 14.7 Å². The van der Waals surface area contributed by atoms with E-state index in [2.05, 4.69) is 53.7 Å². The van der Waals surface area contributed by atoms with Gasteiger partial charge in [-0.25, -0.2) is 4.98 Å². The van der Waals surface area contributed by atoms with Gasteiger partial charge in [-0.3, -0.25) is 0 Å². The molecule has 3 rings (SSSR count). The summed E-state index contributed by atoms with van der Waals surface area (Å²) in [4.78, 5) is 4.58. The lowest BCUT2D eigenvalue weighted by atomic mass is 10.0. The van der Waals surface area contributed by atoms with Crippen molar-refractivity contribution in [3.63, 3.8) is 0 Å². The summed E-state index contributed by atoms with van der Waals surface area (Å²) in [5, 5.41) is 9.59. The first kappa shape index (κ1) is 13.8. The summed E-state index contributed by atoms with van der Waals surface area (Å²) < 4.78 is 2.09. The van der Waals surface area contributed by atoms with Gasteiger partial charge in [-0.2, -0.15) is 0 Å². The van der Waals surface area contributed by atoms with Crippen LogP contribution in [-0.2, 0) is 13.2 Å². The van der Waals surface area contributed by atoms with Crippen LogP contribution in [0, 0.1) is 0 Å². The molecule has 0 saturated heterocycles. The van der Waals surface area contributed by atoms with Crippen molar-refractivity contribution in [2.24, 2.45) is 0 Å². The fourth-order valence-electron chi connectivity index (χ4n) is 2.62. The highest BCUT2D eigenvalue weighted by molar-refractivity contribution is 5.77. The fraction of sp³-hybridized carbons (Fsp3) is 0.278. The van der Waals surface area contributed by atoms with Crippen LogP contribution in [0.1, 0.15) is 36.7 Å². The summed E-state index contributed by atoms with van der Waals surface area (Å²) in [6, 6.07) is 16.6. The summed E-state index contributed by atoms with van der Waals surface area (Å²) in [6.07, 6.45) is 0. The maximum Gasteiger partial charge on any atom is 0.136 e. The van der Waals surface area contributed by atoms with Crippen molar-refractivity contribution in [3.8, 4) is 0 Å². The third kappa shape index (κ3) is 2.69. The Morgan fingerprint density at radius 3 is 2.52 bits per heavy atom. The minimum absolute atomic E-state index is 0.0431. The van der Waals surface area contributed by atoms with Crippen molar-refractivity contribution >= 4 is 11.0 Å². The highest BCUT2D eigenvalue weighted by atomic mass is 16.3. The van der Waals surface area contributed by atoms with E-state index in [0.29, 0.717) is 5.92 Å². The molecule has 3 heteroatoms. The molecular formula is C18H20N2O. The van der Waals surface area contributed by atoms with E-state index in [-0.39, 0.29) is 6.61 Å². The molecule has 1 N–H and O–H groups in total. The van der Waals surface area contributed by atoms with E-state index in [1.54, 1.807) is 0 Å². The number of benzene rings is 2. The van der Waals surface area contributed by atoms with Crippen LogP contribution in [0.2, 0.25) is 0 Å². The van der Waals surface area contributed by atoms with Crippen LogP contribution < -0.4 is 0 Å². The Morgan fingerprint density at radius 1 is 1.10 bits per heavy atom. The molecule has 21 heavy (non-hydrogen) atoms. The summed E-state index contributed by atoms with van der Waals surface area (Å²) in [5.74, 6) is 1.20. The van der Waals surface area contributed by atoms with Crippen LogP contribution in [0.25, 0.3) is 11.0 Å². The van der Waals surface area contributed by atoms with E-state index in [4.69, 9.17) is 0 Å². The van der Waals surface area contributed by atoms with E-state index in [9.17, 15) is 5.11 Å². The summed E-state index contributed by atoms with van der Waals surface area (Å²) >= 11 is 0. The standard InChI is InChI=1S/C18H20N2O/c1-13(2)15-8-9-17-16(10-15)19-18(12-21)20(17)11-14-6-4-3-5-7-14/h3-10,13,21H,11-12H2,1-2H3. The minimum atomic E-state index is -0.0431. The van der Waals surface area contributed by atoms with Crippen molar-refractivity contribution < 1.29 is 5.11 Å². The Labute approximate surface area is 124 Å². The predicted molar refractivity (Wildman–Crippen MR) is 85.3 cm³/mol. The molecule has 0 saturated carbocycles. The second-order valence-electron chi connectivity index (χ2n) is 5.66. The molecule has 108 valence electrons. The van der Waals surface area contributed by atoms with Gasteiger partial charge in [-0.15, -0.1) is 0 Å². The second-order valence-corrected chi connectivity index (χ2v) is 5.66. The first-order chi connectivity index (χ1) is 10.2. The van der Waals surface area contributed by atoms with Gasteiger partial charge in [0, 0.05) is 6.54 Å². The van der Waals surface area contributed by atoms with Gasteiger partial charge in [-0.1, -0.05) is 50.2 Å². The number of rotatable bonds is 4. The molecule has 3 nitrogen and oxygen atoms in total. The molecule has 2 aromatic carbocycles. The van der Waals surface area contributed by atoms with Crippen LogP contribution in [0.15, 0.2) is 48.5 Å². The number of hydrogen-bond donors (Lipinski definition) is 1. The maximum atomic E-state index is 9.59. The molecule has 1 aromatic heterocycles. The van der Waals surface area contributed by atoms with Gasteiger partial charge < -0.3 is 9.67 Å². The highest BCUT2D eigenvalue weighted by Crippen LogP contribution is 2.23. The molecule has 0 fully saturated rings. The number of nitrogens with zero attached hydrogens (tertiary/aromatic N) is 2. The third-order valence-electron chi connectivity index (χ3n) is 3.84. The largest absolute Gasteiger partial charge is 0.388 e. The van der Waals surface area contributed by atoms with Gasteiger partial charge in [-0.05, 0) is 29.2 Å². The summed E-state index contributed by atoms with van der Waals surface area (Å²) in [5.41, 5.74) is 4.52. The molecule has 0 amide bonds. The van der Waals surface area contributed by atoms with Crippen LogP contribution >= 0.6 is 0 Å². The topological polar surface area (TPSA) is 38.1 Å². The van der Waals surface area contributed by atoms with Crippen LogP contribution in [0.3, 0.4) is 0 Å². The lowest BCUT2D eigenvalue weighted by molar-refractivity contribution is 0.267. The van der Waals surface area contributed by atoms with E-state index in [0.717, 1.165) is 23.4 Å². The Kier molecular flexibility index (Phi) is 3.76. The first-order valence-electron chi connectivity index (χ1n) is 7.33. The Bertz CT molecular complexity index is 745. The zero-order valence-electron chi connectivity index (χ0n) is 12.5. The van der Waals surface area contributed by atoms with Crippen LogP contribution in [0.4, 0.5) is 0 Å². The molecule has 0 aliphatic carbocycles. The van der Waals surface area contributed by atoms with Gasteiger partial charge in [0.15, 0.2) is 0 Å². The average Bonchev–Trinajstić information content (AvgIpc) is 2.85. The molecule has 0 aliphatic rings. The van der Waals surface area contributed by atoms with E-state index in [1.807, 2.05) is 18.2 Å². The van der Waals surface area contributed by atoms with Gasteiger partial charge >= 0.3 is 0 Å². The number of imidazole rings is 1.